The van der Waals surface area contributed by atoms with E-state index in [1.807, 2.05) is 24.3 Å². The Hall–Kier alpha value is -3.38. The van der Waals surface area contributed by atoms with Crippen molar-refractivity contribution in [2.24, 2.45) is 5.92 Å². The van der Waals surface area contributed by atoms with Gasteiger partial charge in [-0.05, 0) is 72.5 Å². The zero-order chi connectivity index (χ0) is 22.0. The lowest BCUT2D eigenvalue weighted by atomic mass is 9.78. The second kappa shape index (κ2) is 8.78. The van der Waals surface area contributed by atoms with Crippen molar-refractivity contribution >= 4 is 11.6 Å². The number of anilines is 1. The fourth-order valence-corrected chi connectivity index (χ4v) is 4.10. The Kier molecular flexibility index (Phi) is 5.91. The molecule has 0 aliphatic carbocycles. The number of rotatable bonds is 7. The molecule has 31 heavy (non-hydrogen) atoms. The maximum atomic E-state index is 13.1. The SMILES string of the molecule is COc1ccc(C2C(CCC(O)c3ccc(F)cc3)C(=O)N2c2ccc(O)cc2)cc1. The van der Waals surface area contributed by atoms with E-state index in [1.165, 1.54) is 12.1 Å². The van der Waals surface area contributed by atoms with Gasteiger partial charge in [-0.1, -0.05) is 24.3 Å². The predicted molar refractivity (Wildman–Crippen MR) is 115 cm³/mol. The van der Waals surface area contributed by atoms with Crippen LogP contribution in [0.3, 0.4) is 0 Å². The molecule has 0 saturated carbocycles. The van der Waals surface area contributed by atoms with Gasteiger partial charge < -0.3 is 19.8 Å². The van der Waals surface area contributed by atoms with Gasteiger partial charge in [0, 0.05) is 5.69 Å². The highest BCUT2D eigenvalue weighted by atomic mass is 19.1. The Bertz CT molecular complexity index is 1030. The summed E-state index contributed by atoms with van der Waals surface area (Å²) >= 11 is 0. The third-order valence-electron chi connectivity index (χ3n) is 5.81. The molecule has 6 heteroatoms. The van der Waals surface area contributed by atoms with E-state index in [9.17, 15) is 19.4 Å². The van der Waals surface area contributed by atoms with Crippen LogP contribution in [-0.4, -0.2) is 23.2 Å². The topological polar surface area (TPSA) is 70.0 Å². The van der Waals surface area contributed by atoms with E-state index in [-0.39, 0.29) is 29.4 Å². The monoisotopic (exact) mass is 421 g/mol. The van der Waals surface area contributed by atoms with Crippen molar-refractivity contribution in [2.45, 2.75) is 25.0 Å². The van der Waals surface area contributed by atoms with Crippen molar-refractivity contribution in [2.75, 3.05) is 12.0 Å². The lowest BCUT2D eigenvalue weighted by Gasteiger charge is -2.48. The first-order valence-corrected chi connectivity index (χ1v) is 10.2. The number of aliphatic hydroxyl groups excluding tert-OH is 1. The smallest absolute Gasteiger partial charge is 0.233 e. The van der Waals surface area contributed by atoms with Crippen LogP contribution in [0.2, 0.25) is 0 Å². The number of β-lactam (4-membered cyclic amide) rings is 1. The summed E-state index contributed by atoms with van der Waals surface area (Å²) < 4.78 is 18.4. The number of aliphatic hydroxyl groups is 1. The molecule has 1 saturated heterocycles. The lowest BCUT2D eigenvalue weighted by Crippen LogP contribution is -2.55. The molecule has 4 rings (SSSR count). The Labute approximate surface area is 180 Å². The molecule has 1 aliphatic rings. The Morgan fingerprint density at radius 3 is 2.26 bits per heavy atom. The second-order valence-corrected chi connectivity index (χ2v) is 7.69. The highest BCUT2D eigenvalue weighted by Gasteiger charge is 2.48. The normalized spacial score (nSPS) is 19.1. The van der Waals surface area contributed by atoms with Crippen LogP contribution in [0, 0.1) is 11.7 Å². The number of hydrogen-bond donors (Lipinski definition) is 2. The van der Waals surface area contributed by atoms with Gasteiger partial charge in [-0.3, -0.25) is 4.79 Å². The highest BCUT2D eigenvalue weighted by Crippen LogP contribution is 2.46. The first-order valence-electron chi connectivity index (χ1n) is 10.2. The largest absolute Gasteiger partial charge is 0.508 e. The summed E-state index contributed by atoms with van der Waals surface area (Å²) in [4.78, 5) is 14.8. The van der Waals surface area contributed by atoms with Crippen molar-refractivity contribution in [1.29, 1.82) is 0 Å². The average molecular weight is 421 g/mol. The van der Waals surface area contributed by atoms with Crippen LogP contribution in [0.4, 0.5) is 10.1 Å². The van der Waals surface area contributed by atoms with Crippen molar-refractivity contribution in [1.82, 2.24) is 0 Å². The molecule has 0 radical (unpaired) electrons. The zero-order valence-corrected chi connectivity index (χ0v) is 17.1. The van der Waals surface area contributed by atoms with Gasteiger partial charge in [0.15, 0.2) is 0 Å². The van der Waals surface area contributed by atoms with Crippen LogP contribution in [0.25, 0.3) is 0 Å². The molecular formula is C25H24FNO4. The molecule has 5 nitrogen and oxygen atoms in total. The van der Waals surface area contributed by atoms with Crippen molar-refractivity contribution in [3.05, 3.63) is 89.7 Å². The molecule has 0 bridgehead atoms. The lowest BCUT2D eigenvalue weighted by molar-refractivity contribution is -0.131. The van der Waals surface area contributed by atoms with E-state index in [0.717, 1.165) is 11.3 Å². The molecule has 3 atom stereocenters. The fraction of sp³-hybridized carbons (Fsp3) is 0.240. The Morgan fingerprint density at radius 2 is 1.65 bits per heavy atom. The molecule has 1 heterocycles. The summed E-state index contributed by atoms with van der Waals surface area (Å²) in [5.41, 5.74) is 2.30. The minimum Gasteiger partial charge on any atom is -0.508 e. The van der Waals surface area contributed by atoms with Gasteiger partial charge in [0.25, 0.3) is 0 Å². The number of benzene rings is 3. The van der Waals surface area contributed by atoms with E-state index in [2.05, 4.69) is 0 Å². The molecule has 3 aromatic carbocycles. The molecule has 2 N–H and O–H groups in total. The number of hydrogen-bond acceptors (Lipinski definition) is 4. The molecule has 1 amide bonds. The predicted octanol–water partition coefficient (Wildman–Crippen LogP) is 4.76. The number of methoxy groups -OCH3 is 1. The van der Waals surface area contributed by atoms with Crippen LogP contribution < -0.4 is 9.64 Å². The summed E-state index contributed by atoms with van der Waals surface area (Å²) in [6.45, 7) is 0. The first kappa shape index (κ1) is 20.9. The summed E-state index contributed by atoms with van der Waals surface area (Å²) in [6, 6.07) is 19.7. The van der Waals surface area contributed by atoms with Gasteiger partial charge in [-0.25, -0.2) is 4.39 Å². The standard InChI is InChI=1S/C25H24FNO4/c1-31-21-12-4-17(5-13-21)24-22(14-15-23(29)16-2-6-18(26)7-3-16)25(30)27(24)19-8-10-20(28)11-9-19/h2-13,22-24,28-29H,14-15H2,1H3. The van der Waals surface area contributed by atoms with Gasteiger partial charge in [0.1, 0.15) is 17.3 Å². The van der Waals surface area contributed by atoms with Crippen molar-refractivity contribution < 1.29 is 24.1 Å². The quantitative estimate of drug-likeness (QED) is 0.540. The minimum atomic E-state index is -0.771. The molecule has 0 aromatic heterocycles. The number of carbonyl (C=O) groups excluding carboxylic acids is 1. The van der Waals surface area contributed by atoms with Gasteiger partial charge in [-0.2, -0.15) is 0 Å². The zero-order valence-electron chi connectivity index (χ0n) is 17.1. The molecular weight excluding hydrogens is 397 g/mol. The van der Waals surface area contributed by atoms with E-state index >= 15 is 0 Å². The molecule has 0 spiro atoms. The number of carbonyl (C=O) groups is 1. The average Bonchev–Trinajstić information content (AvgIpc) is 2.79. The highest BCUT2D eigenvalue weighted by molar-refractivity contribution is 6.03. The number of phenolic OH excluding ortho intramolecular Hbond substituents is 1. The number of halogens is 1. The van der Waals surface area contributed by atoms with Gasteiger partial charge >= 0.3 is 0 Å². The molecule has 160 valence electrons. The number of aromatic hydroxyl groups is 1. The fourth-order valence-electron chi connectivity index (χ4n) is 4.10. The van der Waals surface area contributed by atoms with Gasteiger partial charge in [0.05, 0.1) is 25.2 Å². The maximum Gasteiger partial charge on any atom is 0.233 e. The Balaban J connectivity index is 1.55. The van der Waals surface area contributed by atoms with E-state index in [4.69, 9.17) is 4.74 Å². The third-order valence-corrected chi connectivity index (χ3v) is 5.81. The first-order chi connectivity index (χ1) is 15.0. The third kappa shape index (κ3) is 4.25. The Morgan fingerprint density at radius 1 is 1.00 bits per heavy atom. The molecule has 1 fully saturated rings. The number of nitrogens with zero attached hydrogens (tertiary/aromatic N) is 1. The molecule has 3 aromatic rings. The van der Waals surface area contributed by atoms with Crippen LogP contribution >= 0.6 is 0 Å². The van der Waals surface area contributed by atoms with Crippen molar-refractivity contribution in [3.8, 4) is 11.5 Å². The van der Waals surface area contributed by atoms with E-state index in [0.29, 0.717) is 24.1 Å². The summed E-state index contributed by atoms with van der Waals surface area (Å²) in [5, 5.41) is 20.1. The summed E-state index contributed by atoms with van der Waals surface area (Å²) in [6.07, 6.45) is 0.105. The number of phenols is 1. The second-order valence-electron chi connectivity index (χ2n) is 7.69. The van der Waals surface area contributed by atoms with Crippen LogP contribution in [0.5, 0.6) is 11.5 Å². The maximum absolute atomic E-state index is 13.1. The number of amides is 1. The minimum absolute atomic E-state index is 0.0298. The van der Waals surface area contributed by atoms with E-state index < -0.39 is 6.10 Å². The summed E-state index contributed by atoms with van der Waals surface area (Å²) in [7, 11) is 1.60. The van der Waals surface area contributed by atoms with Gasteiger partial charge in [0.2, 0.25) is 5.91 Å². The molecule has 1 aliphatic heterocycles. The molecule has 3 unspecified atom stereocenters. The number of ether oxygens (including phenoxy) is 1. The van der Waals surface area contributed by atoms with Crippen LogP contribution in [-0.2, 0) is 4.79 Å². The van der Waals surface area contributed by atoms with Crippen LogP contribution in [0.15, 0.2) is 72.8 Å². The van der Waals surface area contributed by atoms with Crippen LogP contribution in [0.1, 0.15) is 36.1 Å². The van der Waals surface area contributed by atoms with E-state index in [1.54, 1.807) is 48.4 Å². The van der Waals surface area contributed by atoms with Gasteiger partial charge in [-0.15, -0.1) is 0 Å². The summed E-state index contributed by atoms with van der Waals surface area (Å²) in [5.74, 6) is 0.190. The van der Waals surface area contributed by atoms with Crippen molar-refractivity contribution in [3.63, 3.8) is 0 Å².